The zero-order chi connectivity index (χ0) is 11.8. The van der Waals surface area contributed by atoms with E-state index in [9.17, 15) is 0 Å². The minimum Gasteiger partial charge on any atom is -0.493 e. The van der Waals surface area contributed by atoms with Crippen molar-refractivity contribution in [3.63, 3.8) is 0 Å². The van der Waals surface area contributed by atoms with Crippen LogP contribution in [0.5, 0.6) is 5.75 Å². The van der Waals surface area contributed by atoms with Crippen molar-refractivity contribution in [2.45, 2.75) is 39.2 Å². The molecule has 0 aliphatic heterocycles. The average molecular weight is 221 g/mol. The van der Waals surface area contributed by atoms with Crippen molar-refractivity contribution >= 4 is 0 Å². The van der Waals surface area contributed by atoms with Gasteiger partial charge < -0.3 is 10.1 Å². The highest BCUT2D eigenvalue weighted by Gasteiger charge is 1.99. The third kappa shape index (κ3) is 4.67. The van der Waals surface area contributed by atoms with Gasteiger partial charge in [-0.25, -0.2) is 0 Å². The van der Waals surface area contributed by atoms with E-state index in [1.807, 2.05) is 25.2 Å². The molecule has 0 bridgehead atoms. The molecule has 0 spiro atoms. The highest BCUT2D eigenvalue weighted by atomic mass is 16.5. The van der Waals surface area contributed by atoms with Crippen molar-refractivity contribution in [2.24, 2.45) is 0 Å². The van der Waals surface area contributed by atoms with Gasteiger partial charge in [-0.3, -0.25) is 0 Å². The maximum absolute atomic E-state index is 5.73. The first-order valence-corrected chi connectivity index (χ1v) is 6.09. The van der Waals surface area contributed by atoms with E-state index in [2.05, 4.69) is 25.2 Å². The molecule has 0 aromatic heterocycles. The predicted molar refractivity (Wildman–Crippen MR) is 69.0 cm³/mol. The molecule has 0 heterocycles. The molecule has 1 unspecified atom stereocenters. The molecule has 90 valence electrons. The lowest BCUT2D eigenvalue weighted by atomic mass is 10.1. The number of unbranched alkanes of at least 4 members (excludes halogenated alkanes) is 1. The molecule has 0 radical (unpaired) electrons. The molecule has 0 saturated heterocycles. The number of hydrogen-bond donors (Lipinski definition) is 1. The summed E-state index contributed by atoms with van der Waals surface area (Å²) in [6, 6.07) is 8.78. The van der Waals surface area contributed by atoms with E-state index >= 15 is 0 Å². The van der Waals surface area contributed by atoms with Gasteiger partial charge in [-0.1, -0.05) is 18.2 Å². The lowest BCUT2D eigenvalue weighted by Gasteiger charge is -2.11. The summed E-state index contributed by atoms with van der Waals surface area (Å²) in [4.78, 5) is 0. The molecule has 1 aromatic rings. The maximum Gasteiger partial charge on any atom is 0.122 e. The second kappa shape index (κ2) is 7.29. The number of benzene rings is 1. The zero-order valence-corrected chi connectivity index (χ0v) is 10.6. The van der Waals surface area contributed by atoms with E-state index in [0.717, 1.165) is 18.8 Å². The summed E-state index contributed by atoms with van der Waals surface area (Å²) in [5.41, 5.74) is 1.21. The van der Waals surface area contributed by atoms with Gasteiger partial charge >= 0.3 is 0 Å². The van der Waals surface area contributed by atoms with E-state index < -0.39 is 0 Å². The van der Waals surface area contributed by atoms with Gasteiger partial charge in [0.1, 0.15) is 5.75 Å². The summed E-state index contributed by atoms with van der Waals surface area (Å²) in [5, 5.41) is 3.24. The number of para-hydroxylation sites is 1. The SMILES string of the molecule is CNC(C)CCCCOc1ccccc1C. The van der Waals surface area contributed by atoms with Crippen molar-refractivity contribution in [3.05, 3.63) is 29.8 Å². The quantitative estimate of drug-likeness (QED) is 0.714. The predicted octanol–water partition coefficient (Wildman–Crippen LogP) is 3.15. The monoisotopic (exact) mass is 221 g/mol. The number of nitrogens with one attached hydrogen (secondary N) is 1. The van der Waals surface area contributed by atoms with Crippen molar-refractivity contribution in [1.82, 2.24) is 5.32 Å². The fraction of sp³-hybridized carbons (Fsp3) is 0.571. The standard InChI is InChI=1S/C14H23NO/c1-12-8-4-5-10-14(12)16-11-7-6-9-13(2)15-3/h4-5,8,10,13,15H,6-7,9,11H2,1-3H3. The average Bonchev–Trinajstić information content (AvgIpc) is 2.30. The Bertz CT molecular complexity index is 299. The lowest BCUT2D eigenvalue weighted by Crippen LogP contribution is -2.20. The third-order valence-corrected chi connectivity index (χ3v) is 2.88. The van der Waals surface area contributed by atoms with Crippen LogP contribution in [0, 0.1) is 6.92 Å². The Balaban J connectivity index is 2.14. The fourth-order valence-electron chi connectivity index (χ4n) is 1.60. The molecule has 1 aromatic carbocycles. The van der Waals surface area contributed by atoms with Crippen LogP contribution >= 0.6 is 0 Å². The minimum atomic E-state index is 0.610. The minimum absolute atomic E-state index is 0.610. The molecule has 0 saturated carbocycles. The Morgan fingerprint density at radius 1 is 1.25 bits per heavy atom. The van der Waals surface area contributed by atoms with E-state index in [4.69, 9.17) is 4.74 Å². The molecular formula is C14H23NO. The molecule has 2 heteroatoms. The molecule has 2 nitrogen and oxygen atoms in total. The zero-order valence-electron chi connectivity index (χ0n) is 10.6. The van der Waals surface area contributed by atoms with Crippen LogP contribution in [0.3, 0.4) is 0 Å². The molecular weight excluding hydrogens is 198 g/mol. The summed E-state index contributed by atoms with van der Waals surface area (Å²) in [5.74, 6) is 1.02. The first-order chi connectivity index (χ1) is 7.74. The largest absolute Gasteiger partial charge is 0.493 e. The highest BCUT2D eigenvalue weighted by Crippen LogP contribution is 2.16. The van der Waals surface area contributed by atoms with Crippen molar-refractivity contribution in [3.8, 4) is 5.75 Å². The van der Waals surface area contributed by atoms with Crippen LogP contribution in [0.4, 0.5) is 0 Å². The van der Waals surface area contributed by atoms with Crippen LogP contribution in [0.1, 0.15) is 31.7 Å². The van der Waals surface area contributed by atoms with Crippen molar-refractivity contribution in [2.75, 3.05) is 13.7 Å². The summed E-state index contributed by atoms with van der Waals surface area (Å²) in [6.45, 7) is 5.11. The molecule has 0 fully saturated rings. The van der Waals surface area contributed by atoms with Gasteiger partial charge in [-0.05, 0) is 51.8 Å². The maximum atomic E-state index is 5.73. The van der Waals surface area contributed by atoms with Crippen LogP contribution in [-0.2, 0) is 0 Å². The van der Waals surface area contributed by atoms with Gasteiger partial charge in [0.15, 0.2) is 0 Å². The van der Waals surface area contributed by atoms with E-state index in [1.165, 1.54) is 18.4 Å². The van der Waals surface area contributed by atoms with Crippen LogP contribution in [0.15, 0.2) is 24.3 Å². The number of aryl methyl sites for hydroxylation is 1. The third-order valence-electron chi connectivity index (χ3n) is 2.88. The van der Waals surface area contributed by atoms with E-state index in [0.29, 0.717) is 6.04 Å². The Morgan fingerprint density at radius 2 is 2.00 bits per heavy atom. The second-order valence-corrected chi connectivity index (χ2v) is 4.30. The van der Waals surface area contributed by atoms with Gasteiger partial charge in [-0.15, -0.1) is 0 Å². The molecule has 16 heavy (non-hydrogen) atoms. The van der Waals surface area contributed by atoms with E-state index in [1.54, 1.807) is 0 Å². The van der Waals surface area contributed by atoms with Crippen molar-refractivity contribution in [1.29, 1.82) is 0 Å². The fourth-order valence-corrected chi connectivity index (χ4v) is 1.60. The van der Waals surface area contributed by atoms with Gasteiger partial charge in [0.05, 0.1) is 6.61 Å². The summed E-state index contributed by atoms with van der Waals surface area (Å²) in [6.07, 6.45) is 3.56. The number of rotatable bonds is 7. The van der Waals surface area contributed by atoms with E-state index in [-0.39, 0.29) is 0 Å². The molecule has 1 rings (SSSR count). The van der Waals surface area contributed by atoms with Gasteiger partial charge in [0.2, 0.25) is 0 Å². The van der Waals surface area contributed by atoms with Crippen LogP contribution in [-0.4, -0.2) is 19.7 Å². The normalized spacial score (nSPS) is 12.4. The van der Waals surface area contributed by atoms with Gasteiger partial charge in [0, 0.05) is 6.04 Å². The topological polar surface area (TPSA) is 21.3 Å². The second-order valence-electron chi connectivity index (χ2n) is 4.30. The van der Waals surface area contributed by atoms with Crippen LogP contribution in [0.25, 0.3) is 0 Å². The Labute approximate surface area is 99.0 Å². The smallest absolute Gasteiger partial charge is 0.122 e. The van der Waals surface area contributed by atoms with Gasteiger partial charge in [-0.2, -0.15) is 0 Å². The molecule has 0 aliphatic carbocycles. The van der Waals surface area contributed by atoms with Crippen molar-refractivity contribution < 1.29 is 4.74 Å². The van der Waals surface area contributed by atoms with Gasteiger partial charge in [0.25, 0.3) is 0 Å². The molecule has 1 atom stereocenters. The first-order valence-electron chi connectivity index (χ1n) is 6.09. The molecule has 0 amide bonds. The number of hydrogen-bond acceptors (Lipinski definition) is 2. The Hall–Kier alpha value is -1.02. The van der Waals surface area contributed by atoms with Crippen LogP contribution in [0.2, 0.25) is 0 Å². The Morgan fingerprint density at radius 3 is 2.69 bits per heavy atom. The first kappa shape index (κ1) is 13.0. The Kier molecular flexibility index (Phi) is 5.94. The lowest BCUT2D eigenvalue weighted by molar-refractivity contribution is 0.300. The summed E-state index contributed by atoms with van der Waals surface area (Å²) >= 11 is 0. The number of ether oxygens (including phenoxy) is 1. The highest BCUT2D eigenvalue weighted by molar-refractivity contribution is 5.31. The molecule has 1 N–H and O–H groups in total. The summed E-state index contributed by atoms with van der Waals surface area (Å²) in [7, 11) is 2.01. The summed E-state index contributed by atoms with van der Waals surface area (Å²) < 4.78 is 5.73. The molecule has 0 aliphatic rings. The van der Waals surface area contributed by atoms with Crippen LogP contribution < -0.4 is 10.1 Å².